The van der Waals surface area contributed by atoms with Crippen molar-refractivity contribution in [3.05, 3.63) is 81.7 Å². The molecule has 1 saturated carbocycles. The number of hydrogen-bond acceptors (Lipinski definition) is 4. The lowest BCUT2D eigenvalue weighted by Crippen LogP contribution is -2.38. The first-order chi connectivity index (χ1) is 14.9. The third kappa shape index (κ3) is 5.61. The highest BCUT2D eigenvalue weighted by Crippen LogP contribution is 2.48. The van der Waals surface area contributed by atoms with Gasteiger partial charge in [0.05, 0.1) is 11.8 Å². The van der Waals surface area contributed by atoms with Gasteiger partial charge < -0.3 is 15.7 Å². The number of carboxylic acid groups (broad SMARTS) is 1. The lowest BCUT2D eigenvalue weighted by atomic mass is 9.95. The molecule has 0 spiro atoms. The van der Waals surface area contributed by atoms with Crippen LogP contribution in [0.25, 0.3) is 10.4 Å². The van der Waals surface area contributed by atoms with Crippen LogP contribution >= 0.6 is 0 Å². The predicted molar refractivity (Wildman–Crippen MR) is 113 cm³/mol. The summed E-state index contributed by atoms with van der Waals surface area (Å²) in [6.07, 6.45) is 1.31. The molecule has 31 heavy (non-hydrogen) atoms. The Labute approximate surface area is 179 Å². The van der Waals surface area contributed by atoms with E-state index < -0.39 is 23.3 Å². The number of nitrogens with one attached hydrogen (secondary N) is 2. The zero-order valence-electron chi connectivity index (χ0n) is 16.8. The molecule has 1 fully saturated rings. The molecule has 9 nitrogen and oxygen atoms in total. The van der Waals surface area contributed by atoms with Crippen LogP contribution in [0.3, 0.4) is 0 Å². The van der Waals surface area contributed by atoms with E-state index in [1.807, 2.05) is 30.3 Å². The number of amides is 2. The molecule has 2 aromatic rings. The van der Waals surface area contributed by atoms with Crippen molar-refractivity contribution in [1.82, 2.24) is 10.6 Å². The monoisotopic (exact) mass is 421 g/mol. The highest BCUT2D eigenvalue weighted by molar-refractivity contribution is 5.94. The van der Waals surface area contributed by atoms with Crippen LogP contribution in [0.4, 0.5) is 0 Å². The maximum absolute atomic E-state index is 12.7. The van der Waals surface area contributed by atoms with E-state index in [2.05, 4.69) is 20.7 Å². The van der Waals surface area contributed by atoms with Gasteiger partial charge in [0.25, 0.3) is 5.91 Å². The molecule has 160 valence electrons. The van der Waals surface area contributed by atoms with Crippen LogP contribution < -0.4 is 10.6 Å². The van der Waals surface area contributed by atoms with Gasteiger partial charge in [-0.2, -0.15) is 0 Å². The lowest BCUT2D eigenvalue weighted by Gasteiger charge is -2.16. The molecular weight excluding hydrogens is 398 g/mol. The molecule has 0 unspecified atom stereocenters. The van der Waals surface area contributed by atoms with Crippen LogP contribution in [0, 0.1) is 0 Å². The third-order valence-corrected chi connectivity index (χ3v) is 5.30. The molecule has 3 rings (SSSR count). The molecule has 0 radical (unpaired) electrons. The smallest absolute Gasteiger partial charge is 0.305 e. The maximum atomic E-state index is 12.7. The van der Waals surface area contributed by atoms with Gasteiger partial charge in [0.2, 0.25) is 5.91 Å². The fourth-order valence-electron chi connectivity index (χ4n) is 3.43. The largest absolute Gasteiger partial charge is 0.481 e. The molecule has 1 aliphatic carbocycles. The van der Waals surface area contributed by atoms with Crippen molar-refractivity contribution in [1.29, 1.82) is 0 Å². The Morgan fingerprint density at radius 3 is 2.35 bits per heavy atom. The fourth-order valence-corrected chi connectivity index (χ4v) is 3.43. The number of hydrogen-bond donors (Lipinski definition) is 3. The standard InChI is InChI=1S/C22H23N5O4/c23-27-25-14-18(12-19(28)29)26-20(30)16-8-6-15(7-9-16)13-24-21(31)22(10-11-22)17-4-2-1-3-5-17/h1-9,18H,10-14H2,(H,24,31)(H,26,30)(H,28,29)/t18-/m0/s1. The molecule has 3 N–H and O–H groups in total. The molecule has 0 aromatic heterocycles. The van der Waals surface area contributed by atoms with Gasteiger partial charge in [-0.1, -0.05) is 47.6 Å². The predicted octanol–water partition coefficient (Wildman–Crippen LogP) is 2.92. The first kappa shape index (κ1) is 21.9. The molecule has 1 atom stereocenters. The van der Waals surface area contributed by atoms with Gasteiger partial charge in [-0.3, -0.25) is 14.4 Å². The van der Waals surface area contributed by atoms with Crippen molar-refractivity contribution in [2.75, 3.05) is 6.54 Å². The van der Waals surface area contributed by atoms with Crippen molar-refractivity contribution >= 4 is 17.8 Å². The van der Waals surface area contributed by atoms with Crippen LogP contribution in [0.5, 0.6) is 0 Å². The maximum Gasteiger partial charge on any atom is 0.305 e. The van der Waals surface area contributed by atoms with Crippen molar-refractivity contribution in [3.63, 3.8) is 0 Å². The van der Waals surface area contributed by atoms with E-state index in [9.17, 15) is 14.4 Å². The summed E-state index contributed by atoms with van der Waals surface area (Å²) < 4.78 is 0. The van der Waals surface area contributed by atoms with Crippen molar-refractivity contribution in [2.24, 2.45) is 5.11 Å². The second-order valence-corrected chi connectivity index (χ2v) is 7.51. The summed E-state index contributed by atoms with van der Waals surface area (Å²) in [6, 6.07) is 15.6. The molecule has 9 heteroatoms. The normalized spacial score (nSPS) is 14.6. The number of benzene rings is 2. The number of carboxylic acids is 1. The second-order valence-electron chi connectivity index (χ2n) is 7.51. The van der Waals surface area contributed by atoms with Gasteiger partial charge in [0, 0.05) is 29.6 Å². The number of carbonyl (C=O) groups is 3. The molecule has 1 aliphatic rings. The van der Waals surface area contributed by atoms with Crippen LogP contribution in [-0.2, 0) is 21.5 Å². The molecule has 2 aromatic carbocycles. The van der Waals surface area contributed by atoms with Crippen LogP contribution in [0.15, 0.2) is 59.7 Å². The summed E-state index contributed by atoms with van der Waals surface area (Å²) in [7, 11) is 0. The van der Waals surface area contributed by atoms with Gasteiger partial charge >= 0.3 is 5.97 Å². The van der Waals surface area contributed by atoms with Gasteiger partial charge in [-0.05, 0) is 41.6 Å². The van der Waals surface area contributed by atoms with E-state index in [1.165, 1.54) is 0 Å². The Bertz CT molecular complexity index is 992. The zero-order valence-corrected chi connectivity index (χ0v) is 16.8. The van der Waals surface area contributed by atoms with Gasteiger partial charge in [-0.15, -0.1) is 0 Å². The van der Waals surface area contributed by atoms with E-state index >= 15 is 0 Å². The number of aliphatic carboxylic acids is 1. The molecule has 0 bridgehead atoms. The Balaban J connectivity index is 1.56. The average molecular weight is 421 g/mol. The van der Waals surface area contributed by atoms with Crippen LogP contribution in [0.1, 0.15) is 40.7 Å². The zero-order chi connectivity index (χ0) is 22.3. The molecule has 0 aliphatic heterocycles. The summed E-state index contributed by atoms with van der Waals surface area (Å²) >= 11 is 0. The Hall–Kier alpha value is -3.84. The highest BCUT2D eigenvalue weighted by Gasteiger charge is 2.50. The summed E-state index contributed by atoms with van der Waals surface area (Å²) in [5, 5.41) is 17.8. The van der Waals surface area contributed by atoms with Gasteiger partial charge in [0.1, 0.15) is 0 Å². The first-order valence-electron chi connectivity index (χ1n) is 9.91. The van der Waals surface area contributed by atoms with E-state index in [0.29, 0.717) is 12.1 Å². The molecular formula is C22H23N5O4. The first-order valence-corrected chi connectivity index (χ1v) is 9.91. The molecule has 0 saturated heterocycles. The Morgan fingerprint density at radius 2 is 1.77 bits per heavy atom. The van der Waals surface area contributed by atoms with Gasteiger partial charge in [-0.25, -0.2) is 0 Å². The van der Waals surface area contributed by atoms with E-state index in [0.717, 1.165) is 24.0 Å². The summed E-state index contributed by atoms with van der Waals surface area (Å²) in [5.74, 6) is -1.57. The summed E-state index contributed by atoms with van der Waals surface area (Å²) in [4.78, 5) is 38.6. The van der Waals surface area contributed by atoms with Crippen molar-refractivity contribution < 1.29 is 19.5 Å². The number of azide groups is 1. The minimum absolute atomic E-state index is 0.00456. The molecule has 0 heterocycles. The molecule has 2 amide bonds. The number of nitrogens with zero attached hydrogens (tertiary/aromatic N) is 3. The minimum Gasteiger partial charge on any atom is -0.481 e. The number of carbonyl (C=O) groups excluding carboxylic acids is 2. The van der Waals surface area contributed by atoms with Crippen molar-refractivity contribution in [3.8, 4) is 0 Å². The highest BCUT2D eigenvalue weighted by atomic mass is 16.4. The van der Waals surface area contributed by atoms with E-state index in [-0.39, 0.29) is 18.9 Å². The van der Waals surface area contributed by atoms with E-state index in [1.54, 1.807) is 24.3 Å². The SMILES string of the molecule is [N-]=[N+]=NC[C@H](CC(=O)O)NC(=O)c1ccc(CNC(=O)C2(c3ccccc3)CC2)cc1. The Kier molecular flexibility index (Phi) is 6.89. The summed E-state index contributed by atoms with van der Waals surface area (Å²) in [6.45, 7) is 0.190. The fraction of sp³-hybridized carbons (Fsp3) is 0.318. The average Bonchev–Trinajstić information content (AvgIpc) is 3.58. The quantitative estimate of drug-likeness (QED) is 0.308. The summed E-state index contributed by atoms with van der Waals surface area (Å²) in [5.41, 5.74) is 10.2. The third-order valence-electron chi connectivity index (χ3n) is 5.30. The number of rotatable bonds is 10. The lowest BCUT2D eigenvalue weighted by molar-refractivity contribution is -0.137. The second kappa shape index (κ2) is 9.77. The van der Waals surface area contributed by atoms with Gasteiger partial charge in [0.15, 0.2) is 0 Å². The van der Waals surface area contributed by atoms with E-state index in [4.69, 9.17) is 10.6 Å². The minimum atomic E-state index is -1.10. The Morgan fingerprint density at radius 1 is 1.10 bits per heavy atom. The van der Waals surface area contributed by atoms with Crippen LogP contribution in [-0.4, -0.2) is 35.5 Å². The van der Waals surface area contributed by atoms with Crippen LogP contribution in [0.2, 0.25) is 0 Å². The van der Waals surface area contributed by atoms with Crippen molar-refractivity contribution in [2.45, 2.75) is 37.3 Å². The topological polar surface area (TPSA) is 144 Å².